The molecule has 0 radical (unpaired) electrons. The van der Waals surface area contributed by atoms with Gasteiger partial charge < -0.3 is 15.4 Å². The average Bonchev–Trinajstić information content (AvgIpc) is 2.68. The maximum absolute atomic E-state index is 13.1. The van der Waals surface area contributed by atoms with Crippen molar-refractivity contribution in [1.29, 1.82) is 0 Å². The molecule has 30 heavy (non-hydrogen) atoms. The van der Waals surface area contributed by atoms with Crippen molar-refractivity contribution in [3.63, 3.8) is 0 Å². The summed E-state index contributed by atoms with van der Waals surface area (Å²) >= 11 is 0. The number of alkyl halides is 6. The normalized spacial score (nSPS) is 14.0. The van der Waals surface area contributed by atoms with E-state index in [1.165, 1.54) is 6.08 Å². The molecule has 0 atom stereocenters. The second-order valence-corrected chi connectivity index (χ2v) is 6.19. The topological polar surface area (TPSA) is 50.4 Å². The van der Waals surface area contributed by atoms with Crippen molar-refractivity contribution in [2.75, 3.05) is 6.54 Å². The Morgan fingerprint density at radius 2 is 1.57 bits per heavy atom. The number of amides is 1. The molecule has 2 aromatic carbocycles. The third-order valence-corrected chi connectivity index (χ3v) is 4.04. The third kappa shape index (κ3) is 5.13. The van der Waals surface area contributed by atoms with Gasteiger partial charge in [-0.05, 0) is 60.8 Å². The number of benzene rings is 2. The summed E-state index contributed by atoms with van der Waals surface area (Å²) in [6, 6.07) is 5.86. The zero-order chi connectivity index (χ0) is 21.9. The summed E-state index contributed by atoms with van der Waals surface area (Å²) in [5, 5.41) is 5.32. The molecule has 1 amide bonds. The Morgan fingerprint density at radius 1 is 0.933 bits per heavy atom. The molecule has 158 valence electrons. The molecule has 0 saturated heterocycles. The number of ether oxygens (including phenoxy) is 1. The lowest BCUT2D eigenvalue weighted by Crippen LogP contribution is -2.25. The highest BCUT2D eigenvalue weighted by atomic mass is 19.4. The zero-order valence-electron chi connectivity index (χ0n) is 15.1. The molecule has 4 nitrogen and oxygen atoms in total. The molecular formula is C20H14F6N2O2. The van der Waals surface area contributed by atoms with Crippen molar-refractivity contribution in [3.05, 3.63) is 83.2 Å². The van der Waals surface area contributed by atoms with E-state index in [1.807, 2.05) is 0 Å². The number of allylic oxidation sites excluding steroid dienone is 1. The van der Waals surface area contributed by atoms with E-state index in [2.05, 4.69) is 10.6 Å². The fourth-order valence-corrected chi connectivity index (χ4v) is 2.56. The van der Waals surface area contributed by atoms with E-state index in [0.29, 0.717) is 18.3 Å². The Kier molecular flexibility index (Phi) is 5.77. The molecule has 0 aliphatic carbocycles. The smallest absolute Gasteiger partial charge is 0.416 e. The summed E-state index contributed by atoms with van der Waals surface area (Å²) in [7, 11) is 0. The first-order chi connectivity index (χ1) is 14.0. The van der Waals surface area contributed by atoms with Crippen LogP contribution >= 0.6 is 0 Å². The van der Waals surface area contributed by atoms with Crippen molar-refractivity contribution >= 4 is 5.91 Å². The Bertz CT molecular complexity index is 992. The molecular weight excluding hydrogens is 414 g/mol. The molecule has 3 rings (SSSR count). The first-order valence-corrected chi connectivity index (χ1v) is 8.52. The molecule has 1 aliphatic heterocycles. The Labute approximate surface area is 166 Å². The van der Waals surface area contributed by atoms with Gasteiger partial charge in [0.25, 0.3) is 5.91 Å². The van der Waals surface area contributed by atoms with E-state index in [4.69, 9.17) is 4.74 Å². The van der Waals surface area contributed by atoms with Crippen LogP contribution in [0, 0.1) is 0 Å². The van der Waals surface area contributed by atoms with Crippen LogP contribution in [0.3, 0.4) is 0 Å². The maximum atomic E-state index is 13.1. The first kappa shape index (κ1) is 21.3. The number of halogens is 6. The highest BCUT2D eigenvalue weighted by Gasteiger charge is 2.33. The van der Waals surface area contributed by atoms with Gasteiger partial charge in [-0.3, -0.25) is 4.79 Å². The van der Waals surface area contributed by atoms with Crippen LogP contribution in [0.2, 0.25) is 0 Å². The van der Waals surface area contributed by atoms with E-state index < -0.39 is 35.0 Å². The molecule has 0 spiro atoms. The van der Waals surface area contributed by atoms with Crippen LogP contribution in [-0.2, 0) is 12.4 Å². The SMILES string of the molecule is O=C(NC1=CCNC=C1)c1cc(C(F)(F)F)ccc1Oc1ccc(C(F)(F)F)cc1. The number of rotatable bonds is 4. The van der Waals surface area contributed by atoms with Crippen molar-refractivity contribution in [1.82, 2.24) is 10.6 Å². The predicted molar refractivity (Wildman–Crippen MR) is 95.7 cm³/mol. The minimum absolute atomic E-state index is 0.0715. The van der Waals surface area contributed by atoms with Crippen LogP contribution in [0.25, 0.3) is 0 Å². The van der Waals surface area contributed by atoms with Gasteiger partial charge in [0.05, 0.1) is 16.7 Å². The fourth-order valence-electron chi connectivity index (χ4n) is 2.56. The van der Waals surface area contributed by atoms with Gasteiger partial charge in [-0.25, -0.2) is 0 Å². The molecule has 0 aromatic heterocycles. The summed E-state index contributed by atoms with van der Waals surface area (Å²) in [6.45, 7) is 0.420. The maximum Gasteiger partial charge on any atom is 0.416 e. The molecule has 2 N–H and O–H groups in total. The van der Waals surface area contributed by atoms with E-state index in [0.717, 1.165) is 36.4 Å². The van der Waals surface area contributed by atoms with Crippen molar-refractivity contribution in [2.45, 2.75) is 12.4 Å². The fraction of sp³-hybridized carbons (Fsp3) is 0.150. The number of nitrogens with one attached hydrogen (secondary N) is 2. The number of dihydropyridines is 1. The largest absolute Gasteiger partial charge is 0.457 e. The van der Waals surface area contributed by atoms with Gasteiger partial charge in [0, 0.05) is 12.2 Å². The minimum Gasteiger partial charge on any atom is -0.457 e. The van der Waals surface area contributed by atoms with Gasteiger partial charge in [-0.2, -0.15) is 26.3 Å². The summed E-state index contributed by atoms with van der Waals surface area (Å²) in [5.41, 5.74) is -2.03. The molecule has 0 unspecified atom stereocenters. The lowest BCUT2D eigenvalue weighted by atomic mass is 10.1. The average molecular weight is 428 g/mol. The second-order valence-electron chi connectivity index (χ2n) is 6.19. The van der Waals surface area contributed by atoms with E-state index in [9.17, 15) is 31.1 Å². The van der Waals surface area contributed by atoms with Crippen molar-refractivity contribution < 1.29 is 35.9 Å². The van der Waals surface area contributed by atoms with Crippen LogP contribution < -0.4 is 15.4 Å². The number of hydrogen-bond acceptors (Lipinski definition) is 3. The van der Waals surface area contributed by atoms with Crippen molar-refractivity contribution in [3.8, 4) is 11.5 Å². The van der Waals surface area contributed by atoms with Crippen LogP contribution in [0.5, 0.6) is 11.5 Å². The molecule has 0 saturated carbocycles. The molecule has 0 fully saturated rings. The molecule has 1 heterocycles. The molecule has 2 aromatic rings. The van der Waals surface area contributed by atoms with Crippen molar-refractivity contribution in [2.24, 2.45) is 0 Å². The monoisotopic (exact) mass is 428 g/mol. The second kappa shape index (κ2) is 8.13. The quantitative estimate of drug-likeness (QED) is 0.655. The van der Waals surface area contributed by atoms with E-state index in [-0.39, 0.29) is 11.5 Å². The summed E-state index contributed by atoms with van der Waals surface area (Å²) in [6.07, 6.45) is -4.56. The van der Waals surface area contributed by atoms with Gasteiger partial charge >= 0.3 is 12.4 Å². The third-order valence-electron chi connectivity index (χ3n) is 4.04. The summed E-state index contributed by atoms with van der Waals surface area (Å²) in [4.78, 5) is 12.6. The highest BCUT2D eigenvalue weighted by molar-refractivity contribution is 5.98. The lowest BCUT2D eigenvalue weighted by Gasteiger charge is -2.16. The number of carbonyl (C=O) groups excluding carboxylic acids is 1. The van der Waals surface area contributed by atoms with Crippen LogP contribution in [0.1, 0.15) is 21.5 Å². The van der Waals surface area contributed by atoms with Gasteiger partial charge in [0.1, 0.15) is 11.5 Å². The number of carbonyl (C=O) groups is 1. The van der Waals surface area contributed by atoms with Gasteiger partial charge in [-0.1, -0.05) is 0 Å². The summed E-state index contributed by atoms with van der Waals surface area (Å²) < 4.78 is 82.7. The van der Waals surface area contributed by atoms with Crippen LogP contribution in [0.15, 0.2) is 66.5 Å². The first-order valence-electron chi connectivity index (χ1n) is 8.52. The van der Waals surface area contributed by atoms with E-state index in [1.54, 1.807) is 12.3 Å². The van der Waals surface area contributed by atoms with Crippen LogP contribution in [0.4, 0.5) is 26.3 Å². The van der Waals surface area contributed by atoms with Gasteiger partial charge in [0.2, 0.25) is 0 Å². The minimum atomic E-state index is -4.70. The van der Waals surface area contributed by atoms with Crippen LogP contribution in [-0.4, -0.2) is 12.5 Å². The number of hydrogen-bond donors (Lipinski definition) is 2. The standard InChI is InChI=1S/C20H14F6N2O2/c21-19(22,23)12-1-4-15(5-2-12)30-17-6-3-13(20(24,25)26)11-16(17)18(29)28-14-7-9-27-10-8-14/h1-9,11,27H,10H2,(H,28,29). The molecule has 0 bridgehead atoms. The zero-order valence-corrected chi connectivity index (χ0v) is 15.1. The molecule has 10 heteroatoms. The van der Waals surface area contributed by atoms with Gasteiger partial charge in [0.15, 0.2) is 0 Å². The lowest BCUT2D eigenvalue weighted by molar-refractivity contribution is -0.138. The highest BCUT2D eigenvalue weighted by Crippen LogP contribution is 2.35. The van der Waals surface area contributed by atoms with Gasteiger partial charge in [-0.15, -0.1) is 0 Å². The van der Waals surface area contributed by atoms with E-state index >= 15 is 0 Å². The predicted octanol–water partition coefficient (Wildman–Crippen LogP) is 5.25. The Hall–Kier alpha value is -3.43. The summed E-state index contributed by atoms with van der Waals surface area (Å²) in [5.74, 6) is -1.17. The Morgan fingerprint density at radius 3 is 2.13 bits per heavy atom. The Balaban J connectivity index is 1.92. The molecule has 1 aliphatic rings.